The van der Waals surface area contributed by atoms with Crippen LogP contribution in [0.5, 0.6) is 5.75 Å². The van der Waals surface area contributed by atoms with Crippen LogP contribution in [0.25, 0.3) is 11.4 Å². The van der Waals surface area contributed by atoms with Crippen molar-refractivity contribution in [2.45, 2.75) is 38.3 Å². The molecule has 1 aromatic carbocycles. The molecule has 1 saturated carbocycles. The zero-order valence-electron chi connectivity index (χ0n) is 14.3. The average molecular weight is 367 g/mol. The van der Waals surface area contributed by atoms with E-state index in [9.17, 15) is 4.79 Å². The third-order valence-electron chi connectivity index (χ3n) is 4.34. The van der Waals surface area contributed by atoms with Crippen LogP contribution >= 0.6 is 12.4 Å². The highest BCUT2D eigenvalue weighted by Crippen LogP contribution is 2.26. The van der Waals surface area contributed by atoms with Gasteiger partial charge in [-0.2, -0.15) is 4.98 Å². The van der Waals surface area contributed by atoms with Crippen LogP contribution in [-0.4, -0.2) is 29.2 Å². The van der Waals surface area contributed by atoms with Gasteiger partial charge in [0.2, 0.25) is 17.6 Å². The van der Waals surface area contributed by atoms with E-state index in [2.05, 4.69) is 15.5 Å². The average Bonchev–Trinajstić information content (AvgIpc) is 3.24. The Morgan fingerprint density at radius 2 is 2.24 bits per heavy atom. The molecule has 0 bridgehead atoms. The summed E-state index contributed by atoms with van der Waals surface area (Å²) in [5.74, 6) is 1.54. The van der Waals surface area contributed by atoms with Gasteiger partial charge in [-0.15, -0.1) is 12.4 Å². The molecule has 0 spiro atoms. The molecule has 1 amide bonds. The maximum absolute atomic E-state index is 12.3. The Kier molecular flexibility index (Phi) is 6.39. The van der Waals surface area contributed by atoms with E-state index in [1.54, 1.807) is 7.11 Å². The first-order valence-electron chi connectivity index (χ1n) is 8.11. The molecule has 136 valence electrons. The molecule has 1 heterocycles. The van der Waals surface area contributed by atoms with Crippen LogP contribution in [0.15, 0.2) is 28.8 Å². The quantitative estimate of drug-likeness (QED) is 0.842. The number of aromatic nitrogens is 2. The molecule has 1 aliphatic carbocycles. The number of amides is 1. The van der Waals surface area contributed by atoms with Crippen LogP contribution in [0.4, 0.5) is 0 Å². The van der Waals surface area contributed by atoms with Gasteiger partial charge in [-0.25, -0.2) is 0 Å². The molecule has 7 nitrogen and oxygen atoms in total. The Hall–Kier alpha value is -2.12. The number of benzene rings is 1. The van der Waals surface area contributed by atoms with Crippen molar-refractivity contribution < 1.29 is 14.1 Å². The van der Waals surface area contributed by atoms with Crippen LogP contribution < -0.4 is 15.8 Å². The van der Waals surface area contributed by atoms with Gasteiger partial charge in [0.25, 0.3) is 0 Å². The third-order valence-corrected chi connectivity index (χ3v) is 4.34. The molecule has 1 aliphatic rings. The Morgan fingerprint density at radius 3 is 2.92 bits per heavy atom. The summed E-state index contributed by atoms with van der Waals surface area (Å²) >= 11 is 0. The number of hydrogen-bond donors (Lipinski definition) is 2. The summed E-state index contributed by atoms with van der Waals surface area (Å²) in [5, 5.41) is 6.92. The van der Waals surface area contributed by atoms with E-state index in [1.807, 2.05) is 31.2 Å². The Balaban J connectivity index is 0.00000225. The number of carbonyl (C=O) groups excluding carboxylic acids is 1. The number of halogens is 1. The Bertz CT molecular complexity index is 721. The fraction of sp³-hybridized carbons (Fsp3) is 0.471. The number of nitrogens with zero attached hydrogens (tertiary/aromatic N) is 2. The molecular weight excluding hydrogens is 344 g/mol. The number of hydrogen-bond acceptors (Lipinski definition) is 6. The minimum atomic E-state index is -0.346. The van der Waals surface area contributed by atoms with Crippen molar-refractivity contribution in [3.8, 4) is 17.1 Å². The highest BCUT2D eigenvalue weighted by atomic mass is 35.5. The second-order valence-corrected chi connectivity index (χ2v) is 6.19. The monoisotopic (exact) mass is 366 g/mol. The molecular formula is C17H23ClN4O3. The van der Waals surface area contributed by atoms with E-state index in [-0.39, 0.29) is 36.3 Å². The standard InChI is InChI=1S/C17H22N4O3.ClH/c1-10(19-16(22)12-6-7-13(18)8-12)17-20-15(21-24-17)11-4-3-5-14(9-11)23-2;/h3-5,9-10,12-13H,6-8,18H2,1-2H3,(H,19,22);1H. The Labute approximate surface area is 152 Å². The van der Waals surface area contributed by atoms with Gasteiger partial charge in [-0.05, 0) is 38.3 Å². The molecule has 8 heteroatoms. The molecule has 1 aromatic heterocycles. The van der Waals surface area contributed by atoms with Gasteiger partial charge in [-0.1, -0.05) is 17.3 Å². The minimum absolute atomic E-state index is 0. The van der Waals surface area contributed by atoms with Crippen molar-refractivity contribution in [2.75, 3.05) is 7.11 Å². The molecule has 0 radical (unpaired) electrons. The second-order valence-electron chi connectivity index (χ2n) is 6.19. The van der Waals surface area contributed by atoms with Crippen molar-refractivity contribution in [2.24, 2.45) is 11.7 Å². The molecule has 3 rings (SSSR count). The molecule has 3 N–H and O–H groups in total. The lowest BCUT2D eigenvalue weighted by atomic mass is 10.1. The number of rotatable bonds is 5. The summed E-state index contributed by atoms with van der Waals surface area (Å²) < 4.78 is 10.5. The Morgan fingerprint density at radius 1 is 1.44 bits per heavy atom. The zero-order chi connectivity index (χ0) is 17.1. The summed E-state index contributed by atoms with van der Waals surface area (Å²) in [5.41, 5.74) is 6.66. The maximum Gasteiger partial charge on any atom is 0.249 e. The van der Waals surface area contributed by atoms with Crippen molar-refractivity contribution in [3.05, 3.63) is 30.2 Å². The minimum Gasteiger partial charge on any atom is -0.497 e. The van der Waals surface area contributed by atoms with Crippen molar-refractivity contribution >= 4 is 18.3 Å². The van der Waals surface area contributed by atoms with E-state index in [0.717, 1.165) is 30.6 Å². The first-order valence-corrected chi connectivity index (χ1v) is 8.11. The number of ether oxygens (including phenoxy) is 1. The van der Waals surface area contributed by atoms with Gasteiger partial charge in [0.1, 0.15) is 11.8 Å². The smallest absolute Gasteiger partial charge is 0.249 e. The van der Waals surface area contributed by atoms with Gasteiger partial charge < -0.3 is 20.3 Å². The lowest BCUT2D eigenvalue weighted by Gasteiger charge is -2.13. The summed E-state index contributed by atoms with van der Waals surface area (Å²) in [6.45, 7) is 1.83. The van der Waals surface area contributed by atoms with E-state index < -0.39 is 0 Å². The molecule has 0 saturated heterocycles. The van der Waals surface area contributed by atoms with Gasteiger partial charge >= 0.3 is 0 Å². The molecule has 2 aromatic rings. The first kappa shape index (κ1) is 19.2. The number of nitrogens with two attached hydrogens (primary N) is 1. The normalized spacial score (nSPS) is 20.6. The van der Waals surface area contributed by atoms with E-state index in [4.69, 9.17) is 15.0 Å². The molecule has 25 heavy (non-hydrogen) atoms. The van der Waals surface area contributed by atoms with Crippen LogP contribution in [0, 0.1) is 5.92 Å². The highest BCUT2D eigenvalue weighted by molar-refractivity contribution is 5.85. The summed E-state index contributed by atoms with van der Waals surface area (Å²) in [6.07, 6.45) is 2.46. The molecule has 1 fully saturated rings. The summed E-state index contributed by atoms with van der Waals surface area (Å²) in [4.78, 5) is 16.6. The third kappa shape index (κ3) is 4.49. The highest BCUT2D eigenvalue weighted by Gasteiger charge is 2.29. The van der Waals surface area contributed by atoms with Crippen LogP contribution in [0.2, 0.25) is 0 Å². The summed E-state index contributed by atoms with van der Waals surface area (Å²) in [7, 11) is 1.60. The van der Waals surface area contributed by atoms with Gasteiger partial charge in [-0.3, -0.25) is 4.79 Å². The second kappa shape index (κ2) is 8.31. The predicted octanol–water partition coefficient (Wildman–Crippen LogP) is 2.47. The van der Waals surface area contributed by atoms with E-state index in [1.165, 1.54) is 0 Å². The fourth-order valence-electron chi connectivity index (χ4n) is 2.94. The lowest BCUT2D eigenvalue weighted by molar-refractivity contribution is -0.125. The zero-order valence-corrected chi connectivity index (χ0v) is 15.1. The van der Waals surface area contributed by atoms with Gasteiger partial charge in [0.15, 0.2) is 0 Å². The van der Waals surface area contributed by atoms with E-state index >= 15 is 0 Å². The topological polar surface area (TPSA) is 103 Å². The largest absolute Gasteiger partial charge is 0.497 e. The number of methoxy groups -OCH3 is 1. The maximum atomic E-state index is 12.3. The van der Waals surface area contributed by atoms with Crippen LogP contribution in [0.1, 0.15) is 38.1 Å². The first-order chi connectivity index (χ1) is 11.6. The van der Waals surface area contributed by atoms with Crippen molar-refractivity contribution in [1.29, 1.82) is 0 Å². The molecule has 3 unspecified atom stereocenters. The van der Waals surface area contributed by atoms with E-state index in [0.29, 0.717) is 11.7 Å². The lowest BCUT2D eigenvalue weighted by Crippen LogP contribution is -2.32. The number of carbonyl (C=O) groups is 1. The van der Waals surface area contributed by atoms with Crippen LogP contribution in [0.3, 0.4) is 0 Å². The molecule has 3 atom stereocenters. The predicted molar refractivity (Wildman–Crippen MR) is 95.4 cm³/mol. The van der Waals surface area contributed by atoms with Crippen LogP contribution in [-0.2, 0) is 4.79 Å². The summed E-state index contributed by atoms with van der Waals surface area (Å²) in [6, 6.07) is 7.19. The van der Waals surface area contributed by atoms with Crippen molar-refractivity contribution in [1.82, 2.24) is 15.5 Å². The molecule has 0 aliphatic heterocycles. The van der Waals surface area contributed by atoms with Gasteiger partial charge in [0, 0.05) is 17.5 Å². The number of nitrogens with one attached hydrogen (secondary N) is 1. The van der Waals surface area contributed by atoms with Gasteiger partial charge in [0.05, 0.1) is 7.11 Å². The fourth-order valence-corrected chi connectivity index (χ4v) is 2.94. The van der Waals surface area contributed by atoms with Crippen molar-refractivity contribution in [3.63, 3.8) is 0 Å². The SMILES string of the molecule is COc1cccc(-c2noc(C(C)NC(=O)C3CCC(N)C3)n2)c1.Cl.